The molecule has 2 aromatic carbocycles. The molecule has 1 aromatic heterocycles. The second-order valence-corrected chi connectivity index (χ2v) is 6.42. The fourth-order valence-electron chi connectivity index (χ4n) is 2.18. The second kappa shape index (κ2) is 6.86. The van der Waals surface area contributed by atoms with Crippen LogP contribution in [0.2, 0.25) is 5.15 Å². The zero-order valence-electron chi connectivity index (χ0n) is 12.2. The van der Waals surface area contributed by atoms with E-state index in [1.165, 1.54) is 4.90 Å². The van der Waals surface area contributed by atoms with E-state index in [0.29, 0.717) is 16.4 Å². The van der Waals surface area contributed by atoms with Gasteiger partial charge in [0.15, 0.2) is 0 Å². The Morgan fingerprint density at radius 1 is 0.913 bits per heavy atom. The molecule has 0 aliphatic rings. The number of hydrogen-bond acceptors (Lipinski definition) is 3. The largest absolute Gasteiger partial charge is 0.384 e. The predicted molar refractivity (Wildman–Crippen MR) is 96.3 cm³/mol. The Bertz CT molecular complexity index is 833. The van der Waals surface area contributed by atoms with Crippen LogP contribution < -0.4 is 5.73 Å². The van der Waals surface area contributed by atoms with E-state index in [0.717, 1.165) is 10.5 Å². The quantitative estimate of drug-likeness (QED) is 0.406. The summed E-state index contributed by atoms with van der Waals surface area (Å²) in [4.78, 5) is 6.63. The number of nitrogens with two attached hydrogens (primary N) is 1. The molecule has 3 nitrogen and oxygen atoms in total. The van der Waals surface area contributed by atoms with Crippen LogP contribution in [0.1, 0.15) is 5.56 Å². The number of nitrogens with zero attached hydrogens (tertiary/aromatic N) is 1. The van der Waals surface area contributed by atoms with Crippen LogP contribution >= 0.6 is 23.4 Å². The zero-order valence-corrected chi connectivity index (χ0v) is 13.7. The van der Waals surface area contributed by atoms with Gasteiger partial charge < -0.3 is 5.73 Å². The molecular weight excluding hydrogens is 326 g/mol. The predicted octanol–water partition coefficient (Wildman–Crippen LogP) is 4.84. The number of aromatic nitrogens is 1. The monoisotopic (exact) mass is 339 g/mol. The van der Waals surface area contributed by atoms with Gasteiger partial charge in [-0.05, 0) is 36.4 Å². The molecule has 0 saturated heterocycles. The third kappa shape index (κ3) is 3.73. The average Bonchev–Trinajstić information content (AvgIpc) is 2.56. The van der Waals surface area contributed by atoms with Crippen molar-refractivity contribution in [2.24, 2.45) is 5.73 Å². The number of rotatable bonds is 4. The lowest BCUT2D eigenvalue weighted by Gasteiger charge is -2.09. The van der Waals surface area contributed by atoms with E-state index >= 15 is 0 Å². The molecule has 0 saturated carbocycles. The summed E-state index contributed by atoms with van der Waals surface area (Å²) in [6.07, 6.45) is 0. The van der Waals surface area contributed by atoms with Crippen LogP contribution in [0.15, 0.2) is 76.5 Å². The van der Waals surface area contributed by atoms with Crippen LogP contribution in [0.5, 0.6) is 0 Å². The third-order valence-electron chi connectivity index (χ3n) is 3.26. The van der Waals surface area contributed by atoms with E-state index in [9.17, 15) is 0 Å². The molecule has 0 atom stereocenters. The van der Waals surface area contributed by atoms with Crippen LogP contribution in [0.3, 0.4) is 0 Å². The lowest BCUT2D eigenvalue weighted by Crippen LogP contribution is -2.13. The first-order chi connectivity index (χ1) is 11.1. The highest BCUT2D eigenvalue weighted by Crippen LogP contribution is 2.30. The van der Waals surface area contributed by atoms with Crippen LogP contribution in [-0.2, 0) is 0 Å². The fraction of sp³-hybridized carbons (Fsp3) is 0. The molecule has 1 heterocycles. The van der Waals surface area contributed by atoms with Crippen molar-refractivity contribution >= 4 is 29.2 Å². The van der Waals surface area contributed by atoms with E-state index in [1.54, 1.807) is 23.9 Å². The van der Waals surface area contributed by atoms with Crippen molar-refractivity contribution in [3.8, 4) is 11.3 Å². The Hall–Kier alpha value is -2.30. The van der Waals surface area contributed by atoms with Gasteiger partial charge in [-0.25, -0.2) is 4.98 Å². The minimum Gasteiger partial charge on any atom is -0.384 e. The number of amidine groups is 1. The van der Waals surface area contributed by atoms with Gasteiger partial charge in [0.2, 0.25) is 0 Å². The highest BCUT2D eigenvalue weighted by molar-refractivity contribution is 7.99. The van der Waals surface area contributed by atoms with Gasteiger partial charge in [0.05, 0.1) is 5.69 Å². The van der Waals surface area contributed by atoms with Crippen LogP contribution in [-0.4, -0.2) is 10.8 Å². The maximum atomic E-state index is 7.68. The Morgan fingerprint density at radius 3 is 2.22 bits per heavy atom. The van der Waals surface area contributed by atoms with Crippen LogP contribution in [0, 0.1) is 5.41 Å². The Morgan fingerprint density at radius 2 is 1.57 bits per heavy atom. The summed E-state index contributed by atoms with van der Waals surface area (Å²) in [6.45, 7) is 0. The van der Waals surface area contributed by atoms with Crippen LogP contribution in [0.4, 0.5) is 0 Å². The fourth-order valence-corrected chi connectivity index (χ4v) is 3.16. The van der Waals surface area contributed by atoms with Crippen molar-refractivity contribution in [1.29, 1.82) is 5.41 Å². The van der Waals surface area contributed by atoms with E-state index in [4.69, 9.17) is 22.7 Å². The molecule has 0 aliphatic carbocycles. The molecule has 0 radical (unpaired) electrons. The second-order valence-electron chi connectivity index (χ2n) is 4.88. The van der Waals surface area contributed by atoms with E-state index < -0.39 is 0 Å². The molecule has 0 aliphatic heterocycles. The number of nitrogens with one attached hydrogen (secondary N) is 1. The summed E-state index contributed by atoms with van der Waals surface area (Å²) in [7, 11) is 0. The topological polar surface area (TPSA) is 62.8 Å². The first-order valence-electron chi connectivity index (χ1n) is 6.98. The summed E-state index contributed by atoms with van der Waals surface area (Å²) in [5.41, 5.74) is 7.72. The van der Waals surface area contributed by atoms with Crippen molar-refractivity contribution in [2.45, 2.75) is 9.79 Å². The maximum absolute atomic E-state index is 7.68. The van der Waals surface area contributed by atoms with Crippen molar-refractivity contribution in [2.75, 3.05) is 0 Å². The molecule has 3 aromatic rings. The summed E-state index contributed by atoms with van der Waals surface area (Å²) in [6, 6.07) is 21.5. The summed E-state index contributed by atoms with van der Waals surface area (Å²) >= 11 is 7.68. The highest BCUT2D eigenvalue weighted by atomic mass is 35.5. The van der Waals surface area contributed by atoms with E-state index in [1.807, 2.05) is 42.5 Å². The van der Waals surface area contributed by atoms with Crippen molar-refractivity contribution in [1.82, 2.24) is 4.98 Å². The minimum atomic E-state index is -0.0214. The normalized spacial score (nSPS) is 10.5. The van der Waals surface area contributed by atoms with Gasteiger partial charge in [-0.1, -0.05) is 53.7 Å². The number of benzene rings is 2. The smallest absolute Gasteiger partial charge is 0.129 e. The average molecular weight is 340 g/mol. The van der Waals surface area contributed by atoms with Gasteiger partial charge in [0.1, 0.15) is 11.0 Å². The summed E-state index contributed by atoms with van der Waals surface area (Å²) in [5.74, 6) is -0.0214. The molecule has 5 heteroatoms. The van der Waals surface area contributed by atoms with Gasteiger partial charge in [-0.15, -0.1) is 0 Å². The molecule has 0 spiro atoms. The molecule has 0 unspecified atom stereocenters. The summed E-state index contributed by atoms with van der Waals surface area (Å²) in [5, 5.41) is 8.06. The molecule has 23 heavy (non-hydrogen) atoms. The SMILES string of the molecule is N=C(N)c1ccc(Cl)nc1-c1ccc(Sc2ccccc2)cc1. The van der Waals surface area contributed by atoms with E-state index in [-0.39, 0.29) is 5.84 Å². The van der Waals surface area contributed by atoms with Crippen molar-refractivity contribution in [3.63, 3.8) is 0 Å². The highest BCUT2D eigenvalue weighted by Gasteiger charge is 2.10. The first-order valence-corrected chi connectivity index (χ1v) is 8.17. The molecule has 3 N–H and O–H groups in total. The van der Waals surface area contributed by atoms with Gasteiger partial charge >= 0.3 is 0 Å². The van der Waals surface area contributed by atoms with Gasteiger partial charge in [-0.3, -0.25) is 5.41 Å². The molecule has 3 rings (SSSR count). The van der Waals surface area contributed by atoms with Crippen molar-refractivity contribution < 1.29 is 0 Å². The lowest BCUT2D eigenvalue weighted by molar-refractivity contribution is 1.29. The minimum absolute atomic E-state index is 0.0214. The number of hydrogen-bond donors (Lipinski definition) is 2. The third-order valence-corrected chi connectivity index (χ3v) is 4.48. The molecule has 114 valence electrons. The standard InChI is InChI=1S/C18H14ClN3S/c19-16-11-10-15(18(20)21)17(22-16)12-6-8-14(9-7-12)23-13-4-2-1-3-5-13/h1-11H,(H3,20,21). The Balaban J connectivity index is 1.91. The first kappa shape index (κ1) is 15.6. The molecule has 0 fully saturated rings. The molecule has 0 amide bonds. The number of pyridine rings is 1. The Labute approximate surface area is 144 Å². The molecular formula is C18H14ClN3S. The Kier molecular flexibility index (Phi) is 4.65. The van der Waals surface area contributed by atoms with Crippen LogP contribution in [0.25, 0.3) is 11.3 Å². The van der Waals surface area contributed by atoms with Crippen molar-refractivity contribution in [3.05, 3.63) is 77.4 Å². The molecule has 0 bridgehead atoms. The van der Waals surface area contributed by atoms with E-state index in [2.05, 4.69) is 17.1 Å². The zero-order chi connectivity index (χ0) is 16.2. The number of halogens is 1. The maximum Gasteiger partial charge on any atom is 0.129 e. The van der Waals surface area contributed by atoms with Gasteiger partial charge in [0, 0.05) is 20.9 Å². The van der Waals surface area contributed by atoms with Gasteiger partial charge in [0.25, 0.3) is 0 Å². The lowest BCUT2D eigenvalue weighted by atomic mass is 10.1. The summed E-state index contributed by atoms with van der Waals surface area (Å²) < 4.78 is 0. The number of nitrogen functional groups attached to an aromatic ring is 1. The van der Waals surface area contributed by atoms with Gasteiger partial charge in [-0.2, -0.15) is 0 Å².